The van der Waals surface area contributed by atoms with Crippen LogP contribution in [0.3, 0.4) is 0 Å². The number of benzene rings is 1. The molecule has 0 radical (unpaired) electrons. The van der Waals surface area contributed by atoms with E-state index in [1.165, 1.54) is 12.1 Å². The van der Waals surface area contributed by atoms with Gasteiger partial charge in [0.15, 0.2) is 0 Å². The van der Waals surface area contributed by atoms with Crippen LogP contribution in [0.5, 0.6) is 0 Å². The summed E-state index contributed by atoms with van der Waals surface area (Å²) in [6.45, 7) is 5.66. The maximum absolute atomic E-state index is 13.4. The average molecular weight is 211 g/mol. The lowest BCUT2D eigenvalue weighted by molar-refractivity contribution is 0.521. The molecule has 1 aromatic rings. The smallest absolute Gasteiger partial charge is 0.130 e. The van der Waals surface area contributed by atoms with Crippen LogP contribution in [0.25, 0.3) is 0 Å². The van der Waals surface area contributed by atoms with Gasteiger partial charge >= 0.3 is 0 Å². The molecule has 1 unspecified atom stereocenters. The molecule has 0 bridgehead atoms. The average Bonchev–Trinajstić information content (AvgIpc) is 2.14. The van der Waals surface area contributed by atoms with Crippen molar-refractivity contribution in [1.29, 1.82) is 0 Å². The normalized spacial score (nSPS) is 12.5. The second kappa shape index (κ2) is 5.03. The lowest BCUT2D eigenvalue weighted by Crippen LogP contribution is -2.18. The van der Waals surface area contributed by atoms with Gasteiger partial charge in [0.05, 0.1) is 0 Å². The lowest BCUT2D eigenvalue weighted by Gasteiger charge is -2.17. The Bertz CT molecular complexity index is 361. The van der Waals surface area contributed by atoms with Crippen molar-refractivity contribution < 1.29 is 8.78 Å². The van der Waals surface area contributed by atoms with Crippen molar-refractivity contribution in [3.8, 4) is 0 Å². The van der Waals surface area contributed by atoms with Gasteiger partial charge in [0.1, 0.15) is 11.6 Å². The summed E-state index contributed by atoms with van der Waals surface area (Å²) in [5, 5.41) is 2.99. The van der Waals surface area contributed by atoms with E-state index >= 15 is 0 Å². The molecule has 1 aromatic carbocycles. The zero-order valence-electron chi connectivity index (χ0n) is 8.98. The highest BCUT2D eigenvalue weighted by atomic mass is 19.1. The van der Waals surface area contributed by atoms with Crippen LogP contribution >= 0.6 is 0 Å². The van der Waals surface area contributed by atoms with Gasteiger partial charge in [0, 0.05) is 17.7 Å². The third-order valence-electron chi connectivity index (χ3n) is 2.24. The summed E-state index contributed by atoms with van der Waals surface area (Å²) in [4.78, 5) is 0. The fourth-order valence-corrected chi connectivity index (χ4v) is 1.50. The lowest BCUT2D eigenvalue weighted by atomic mass is 10.00. The van der Waals surface area contributed by atoms with E-state index in [-0.39, 0.29) is 6.04 Å². The van der Waals surface area contributed by atoms with Crippen LogP contribution in [0, 0.1) is 11.6 Å². The number of hydrogen-bond acceptors (Lipinski definition) is 1. The van der Waals surface area contributed by atoms with Crippen LogP contribution in [0.2, 0.25) is 0 Å². The van der Waals surface area contributed by atoms with Gasteiger partial charge in [-0.2, -0.15) is 0 Å². The van der Waals surface area contributed by atoms with Crippen LogP contribution in [0.1, 0.15) is 24.9 Å². The molecule has 1 N–H and O–H groups in total. The van der Waals surface area contributed by atoms with E-state index in [1.54, 1.807) is 7.05 Å². The zero-order chi connectivity index (χ0) is 11.4. The zero-order valence-corrected chi connectivity index (χ0v) is 8.98. The highest BCUT2D eigenvalue weighted by Crippen LogP contribution is 2.23. The van der Waals surface area contributed by atoms with Crippen molar-refractivity contribution in [2.45, 2.75) is 19.4 Å². The van der Waals surface area contributed by atoms with Gasteiger partial charge < -0.3 is 5.32 Å². The van der Waals surface area contributed by atoms with Gasteiger partial charge in [-0.3, -0.25) is 0 Å². The van der Waals surface area contributed by atoms with Crippen LogP contribution in [-0.4, -0.2) is 7.05 Å². The Morgan fingerprint density at radius 2 is 2.13 bits per heavy atom. The molecule has 0 aromatic heterocycles. The maximum Gasteiger partial charge on any atom is 0.130 e. The Morgan fingerprint density at radius 1 is 1.47 bits per heavy atom. The molecule has 0 aliphatic heterocycles. The predicted molar refractivity (Wildman–Crippen MR) is 57.6 cm³/mol. The fourth-order valence-electron chi connectivity index (χ4n) is 1.50. The molecule has 3 heteroatoms. The Labute approximate surface area is 88.8 Å². The molecule has 1 rings (SSSR count). The number of rotatable bonds is 4. The molecule has 1 nitrogen and oxygen atoms in total. The first kappa shape index (κ1) is 11.9. The van der Waals surface area contributed by atoms with E-state index in [4.69, 9.17) is 0 Å². The SMILES string of the molecule is C=C(C)CC(NC)c1ccc(F)cc1F. The summed E-state index contributed by atoms with van der Waals surface area (Å²) in [6.07, 6.45) is 0.638. The molecule has 0 aliphatic rings. The molecule has 0 amide bonds. The highest BCUT2D eigenvalue weighted by Gasteiger charge is 2.14. The van der Waals surface area contributed by atoms with E-state index in [0.29, 0.717) is 12.0 Å². The molecule has 0 saturated carbocycles. The van der Waals surface area contributed by atoms with Crippen molar-refractivity contribution in [3.63, 3.8) is 0 Å². The third-order valence-corrected chi connectivity index (χ3v) is 2.24. The molecular formula is C12H15F2N. The first-order valence-corrected chi connectivity index (χ1v) is 4.81. The molecule has 0 heterocycles. The summed E-state index contributed by atoms with van der Waals surface area (Å²) in [6, 6.07) is 3.48. The van der Waals surface area contributed by atoms with Gasteiger partial charge in [-0.15, -0.1) is 6.58 Å². The molecule has 0 aliphatic carbocycles. The monoisotopic (exact) mass is 211 g/mol. The van der Waals surface area contributed by atoms with Crippen molar-refractivity contribution in [3.05, 3.63) is 47.5 Å². The fraction of sp³-hybridized carbons (Fsp3) is 0.333. The van der Waals surface area contributed by atoms with E-state index in [2.05, 4.69) is 11.9 Å². The molecule has 0 spiro atoms. The van der Waals surface area contributed by atoms with Gasteiger partial charge in [-0.05, 0) is 26.5 Å². The van der Waals surface area contributed by atoms with Crippen molar-refractivity contribution in [2.75, 3.05) is 7.05 Å². The minimum atomic E-state index is -0.554. The summed E-state index contributed by atoms with van der Waals surface area (Å²) in [5.41, 5.74) is 1.43. The summed E-state index contributed by atoms with van der Waals surface area (Å²) in [5.74, 6) is -1.07. The summed E-state index contributed by atoms with van der Waals surface area (Å²) in [7, 11) is 1.75. The van der Waals surface area contributed by atoms with Gasteiger partial charge in [-0.25, -0.2) is 8.78 Å². The van der Waals surface area contributed by atoms with Gasteiger partial charge in [0.2, 0.25) is 0 Å². The summed E-state index contributed by atoms with van der Waals surface area (Å²) < 4.78 is 26.1. The van der Waals surface area contributed by atoms with E-state index in [0.717, 1.165) is 11.6 Å². The Kier molecular flexibility index (Phi) is 3.97. The molecule has 0 saturated heterocycles. The van der Waals surface area contributed by atoms with Crippen LogP contribution < -0.4 is 5.32 Å². The molecular weight excluding hydrogens is 196 g/mol. The second-order valence-corrected chi connectivity index (χ2v) is 3.67. The third kappa shape index (κ3) is 3.13. The number of halogens is 2. The predicted octanol–water partition coefficient (Wildman–Crippen LogP) is 3.19. The van der Waals surface area contributed by atoms with E-state index in [9.17, 15) is 8.78 Å². The van der Waals surface area contributed by atoms with Gasteiger partial charge in [0.25, 0.3) is 0 Å². The quantitative estimate of drug-likeness (QED) is 0.754. The second-order valence-electron chi connectivity index (χ2n) is 3.67. The first-order valence-electron chi connectivity index (χ1n) is 4.81. The topological polar surface area (TPSA) is 12.0 Å². The molecule has 0 fully saturated rings. The molecule has 1 atom stereocenters. The van der Waals surface area contributed by atoms with Gasteiger partial charge in [-0.1, -0.05) is 11.6 Å². The van der Waals surface area contributed by atoms with E-state index < -0.39 is 11.6 Å². The largest absolute Gasteiger partial charge is 0.313 e. The van der Waals surface area contributed by atoms with Crippen LogP contribution in [-0.2, 0) is 0 Å². The van der Waals surface area contributed by atoms with Crippen LogP contribution in [0.15, 0.2) is 30.4 Å². The van der Waals surface area contributed by atoms with Crippen LogP contribution in [0.4, 0.5) is 8.78 Å². The standard InChI is InChI=1S/C12H15F2N/c1-8(2)6-12(15-3)10-5-4-9(13)7-11(10)14/h4-5,7,12,15H,1,6H2,2-3H3. The summed E-state index contributed by atoms with van der Waals surface area (Å²) >= 11 is 0. The van der Waals surface area contributed by atoms with Crippen molar-refractivity contribution >= 4 is 0 Å². The molecule has 82 valence electrons. The highest BCUT2D eigenvalue weighted by molar-refractivity contribution is 5.23. The first-order chi connectivity index (χ1) is 7.04. The minimum absolute atomic E-state index is 0.150. The van der Waals surface area contributed by atoms with E-state index in [1.807, 2.05) is 6.92 Å². The number of hydrogen-bond donors (Lipinski definition) is 1. The Hall–Kier alpha value is -1.22. The Morgan fingerprint density at radius 3 is 2.60 bits per heavy atom. The number of nitrogens with one attached hydrogen (secondary N) is 1. The Balaban J connectivity index is 2.96. The van der Waals surface area contributed by atoms with Crippen molar-refractivity contribution in [1.82, 2.24) is 5.32 Å². The van der Waals surface area contributed by atoms with Crippen molar-refractivity contribution in [2.24, 2.45) is 0 Å². The minimum Gasteiger partial charge on any atom is -0.313 e. The molecule has 15 heavy (non-hydrogen) atoms. The maximum atomic E-state index is 13.4.